The van der Waals surface area contributed by atoms with Gasteiger partial charge in [0.1, 0.15) is 12.4 Å². The second-order valence-electron chi connectivity index (χ2n) is 5.16. The lowest BCUT2D eigenvalue weighted by molar-refractivity contribution is -0.118. The molecule has 0 radical (unpaired) electrons. The van der Waals surface area contributed by atoms with Gasteiger partial charge in [-0.1, -0.05) is 11.6 Å². The quantitative estimate of drug-likeness (QED) is 0.876. The Kier molecular flexibility index (Phi) is 3.94. The molecule has 0 bridgehead atoms. The van der Waals surface area contributed by atoms with Gasteiger partial charge < -0.3 is 15.4 Å². The first-order valence-electron chi connectivity index (χ1n) is 6.87. The van der Waals surface area contributed by atoms with Crippen molar-refractivity contribution in [1.29, 1.82) is 0 Å². The minimum absolute atomic E-state index is 0.0516. The molecule has 1 aromatic carbocycles. The molecular formula is C15H17ClN2O2. The van der Waals surface area contributed by atoms with Crippen LogP contribution in [-0.4, -0.2) is 31.6 Å². The molecule has 5 heteroatoms. The Morgan fingerprint density at radius 2 is 2.35 bits per heavy atom. The van der Waals surface area contributed by atoms with Crippen LogP contribution in [0.25, 0.3) is 6.08 Å². The van der Waals surface area contributed by atoms with E-state index in [0.29, 0.717) is 17.2 Å². The van der Waals surface area contributed by atoms with Gasteiger partial charge in [0, 0.05) is 23.2 Å². The second-order valence-corrected chi connectivity index (χ2v) is 5.59. The average Bonchev–Trinajstić information content (AvgIpc) is 2.47. The van der Waals surface area contributed by atoms with E-state index in [9.17, 15) is 4.79 Å². The zero-order valence-electron chi connectivity index (χ0n) is 11.1. The first-order chi connectivity index (χ1) is 9.72. The summed E-state index contributed by atoms with van der Waals surface area (Å²) >= 11 is 5.97. The van der Waals surface area contributed by atoms with E-state index in [1.54, 1.807) is 6.07 Å². The summed E-state index contributed by atoms with van der Waals surface area (Å²) in [4.78, 5) is 12.2. The molecule has 1 fully saturated rings. The van der Waals surface area contributed by atoms with Gasteiger partial charge in [0.15, 0.2) is 0 Å². The SMILES string of the molecule is O=C(N[C@H]1CCCNC1)C1=Cc2cc(Cl)ccc2OC1. The number of nitrogens with one attached hydrogen (secondary N) is 2. The standard InChI is InChI=1S/C15H17ClN2O2/c16-12-3-4-14-10(7-12)6-11(9-20-14)15(19)18-13-2-1-5-17-8-13/h3-4,6-7,13,17H,1-2,5,8-9H2,(H,18,19)/t13-/m0/s1. The van der Waals surface area contributed by atoms with Crippen molar-refractivity contribution in [2.75, 3.05) is 19.7 Å². The third-order valence-electron chi connectivity index (χ3n) is 3.61. The van der Waals surface area contributed by atoms with Crippen molar-refractivity contribution in [3.63, 3.8) is 0 Å². The Morgan fingerprint density at radius 3 is 3.15 bits per heavy atom. The van der Waals surface area contributed by atoms with Crippen LogP contribution in [0, 0.1) is 0 Å². The highest BCUT2D eigenvalue weighted by atomic mass is 35.5. The number of carbonyl (C=O) groups excluding carboxylic acids is 1. The minimum atomic E-state index is -0.0516. The zero-order chi connectivity index (χ0) is 13.9. The topological polar surface area (TPSA) is 50.4 Å². The fourth-order valence-corrected chi connectivity index (χ4v) is 2.71. The smallest absolute Gasteiger partial charge is 0.250 e. The van der Waals surface area contributed by atoms with Crippen LogP contribution in [0.15, 0.2) is 23.8 Å². The maximum absolute atomic E-state index is 12.2. The molecule has 106 valence electrons. The van der Waals surface area contributed by atoms with Crippen molar-refractivity contribution in [3.05, 3.63) is 34.4 Å². The van der Waals surface area contributed by atoms with Gasteiger partial charge in [-0.05, 0) is 43.7 Å². The first-order valence-corrected chi connectivity index (χ1v) is 7.25. The van der Waals surface area contributed by atoms with Crippen molar-refractivity contribution in [2.45, 2.75) is 18.9 Å². The molecule has 1 amide bonds. The van der Waals surface area contributed by atoms with Crippen LogP contribution in [0.4, 0.5) is 0 Å². The number of piperidine rings is 1. The van der Waals surface area contributed by atoms with E-state index in [4.69, 9.17) is 16.3 Å². The molecule has 1 atom stereocenters. The predicted octanol–water partition coefficient (Wildman–Crippen LogP) is 1.98. The summed E-state index contributed by atoms with van der Waals surface area (Å²) in [6, 6.07) is 5.63. The lowest BCUT2D eigenvalue weighted by Crippen LogP contribution is -2.46. The van der Waals surface area contributed by atoms with Crippen LogP contribution in [0.1, 0.15) is 18.4 Å². The van der Waals surface area contributed by atoms with Gasteiger partial charge in [0.05, 0.1) is 5.57 Å². The molecule has 1 saturated heterocycles. The summed E-state index contributed by atoms with van der Waals surface area (Å²) in [6.45, 7) is 2.17. The number of rotatable bonds is 2. The predicted molar refractivity (Wildman–Crippen MR) is 79.0 cm³/mol. The lowest BCUT2D eigenvalue weighted by Gasteiger charge is -2.25. The van der Waals surface area contributed by atoms with Crippen LogP contribution in [-0.2, 0) is 4.79 Å². The van der Waals surface area contributed by atoms with Crippen molar-refractivity contribution >= 4 is 23.6 Å². The Morgan fingerprint density at radius 1 is 1.45 bits per heavy atom. The molecule has 0 unspecified atom stereocenters. The highest BCUT2D eigenvalue weighted by Crippen LogP contribution is 2.29. The minimum Gasteiger partial charge on any atom is -0.488 e. The Hall–Kier alpha value is -1.52. The molecule has 1 aromatic rings. The summed E-state index contributed by atoms with van der Waals surface area (Å²) < 4.78 is 5.60. The van der Waals surface area contributed by atoms with Gasteiger partial charge in [-0.15, -0.1) is 0 Å². The molecule has 0 aromatic heterocycles. The van der Waals surface area contributed by atoms with Crippen LogP contribution < -0.4 is 15.4 Å². The van der Waals surface area contributed by atoms with Gasteiger partial charge in [-0.3, -0.25) is 4.79 Å². The van der Waals surface area contributed by atoms with Crippen molar-refractivity contribution in [2.24, 2.45) is 0 Å². The Labute approximate surface area is 123 Å². The number of benzene rings is 1. The van der Waals surface area contributed by atoms with Crippen LogP contribution >= 0.6 is 11.6 Å². The van der Waals surface area contributed by atoms with E-state index in [1.807, 2.05) is 18.2 Å². The van der Waals surface area contributed by atoms with Crippen molar-refractivity contribution < 1.29 is 9.53 Å². The molecular weight excluding hydrogens is 276 g/mol. The third-order valence-corrected chi connectivity index (χ3v) is 3.84. The van der Waals surface area contributed by atoms with Gasteiger partial charge in [-0.25, -0.2) is 0 Å². The number of carbonyl (C=O) groups is 1. The molecule has 2 heterocycles. The fraction of sp³-hybridized carbons (Fsp3) is 0.400. The van der Waals surface area contributed by atoms with E-state index in [-0.39, 0.29) is 11.9 Å². The van der Waals surface area contributed by atoms with Crippen LogP contribution in [0.5, 0.6) is 5.75 Å². The second kappa shape index (κ2) is 5.85. The van der Waals surface area contributed by atoms with Crippen molar-refractivity contribution in [1.82, 2.24) is 10.6 Å². The fourth-order valence-electron chi connectivity index (χ4n) is 2.53. The number of halogens is 1. The molecule has 3 rings (SSSR count). The van der Waals surface area contributed by atoms with Gasteiger partial charge >= 0.3 is 0 Å². The Balaban J connectivity index is 1.72. The van der Waals surface area contributed by atoms with E-state index < -0.39 is 0 Å². The van der Waals surface area contributed by atoms with E-state index >= 15 is 0 Å². The van der Waals surface area contributed by atoms with Crippen LogP contribution in [0.3, 0.4) is 0 Å². The van der Waals surface area contributed by atoms with Crippen molar-refractivity contribution in [3.8, 4) is 5.75 Å². The number of hydrogen-bond acceptors (Lipinski definition) is 3. The first kappa shape index (κ1) is 13.5. The van der Waals surface area contributed by atoms with E-state index in [0.717, 1.165) is 37.2 Å². The van der Waals surface area contributed by atoms with Gasteiger partial charge in [0.25, 0.3) is 5.91 Å². The summed E-state index contributed by atoms with van der Waals surface area (Å²) in [6.07, 6.45) is 3.98. The highest BCUT2D eigenvalue weighted by Gasteiger charge is 2.21. The number of ether oxygens (including phenoxy) is 1. The molecule has 2 N–H and O–H groups in total. The van der Waals surface area contributed by atoms with Gasteiger partial charge in [-0.2, -0.15) is 0 Å². The highest BCUT2D eigenvalue weighted by molar-refractivity contribution is 6.30. The zero-order valence-corrected chi connectivity index (χ0v) is 11.9. The third kappa shape index (κ3) is 2.97. The molecule has 0 spiro atoms. The number of fused-ring (bicyclic) bond motifs is 1. The molecule has 4 nitrogen and oxygen atoms in total. The molecule has 20 heavy (non-hydrogen) atoms. The number of hydrogen-bond donors (Lipinski definition) is 2. The number of amides is 1. The average molecular weight is 293 g/mol. The monoisotopic (exact) mass is 292 g/mol. The van der Waals surface area contributed by atoms with E-state index in [2.05, 4.69) is 10.6 Å². The largest absolute Gasteiger partial charge is 0.488 e. The van der Waals surface area contributed by atoms with Crippen LogP contribution in [0.2, 0.25) is 5.02 Å². The van der Waals surface area contributed by atoms with E-state index in [1.165, 1.54) is 0 Å². The molecule has 2 aliphatic rings. The summed E-state index contributed by atoms with van der Waals surface area (Å²) in [5, 5.41) is 6.98. The Bertz CT molecular complexity index is 551. The maximum Gasteiger partial charge on any atom is 0.250 e. The normalized spacial score (nSPS) is 21.4. The molecule has 2 aliphatic heterocycles. The summed E-state index contributed by atoms with van der Waals surface area (Å²) in [5.41, 5.74) is 1.50. The lowest BCUT2D eigenvalue weighted by atomic mass is 10.0. The molecule has 0 aliphatic carbocycles. The summed E-state index contributed by atoms with van der Waals surface area (Å²) in [5.74, 6) is 0.717. The maximum atomic E-state index is 12.2. The van der Waals surface area contributed by atoms with Gasteiger partial charge in [0.2, 0.25) is 0 Å². The molecule has 0 saturated carbocycles. The summed E-state index contributed by atoms with van der Waals surface area (Å²) in [7, 11) is 0.